The molecule has 5 nitrogen and oxygen atoms in total. The van der Waals surface area contributed by atoms with Gasteiger partial charge in [0.15, 0.2) is 0 Å². The molecule has 1 N–H and O–H groups in total. The number of fused-ring (bicyclic) bond motifs is 3. The molecule has 0 saturated heterocycles. The van der Waals surface area contributed by atoms with Crippen molar-refractivity contribution in [3.05, 3.63) is 64.6 Å². The molecular weight excluding hydrogens is 391 g/mol. The Labute approximate surface area is 140 Å². The number of nitrogens with zero attached hydrogens (tertiary/aromatic N) is 3. The van der Waals surface area contributed by atoms with E-state index < -0.39 is 0 Å². The fraction of sp³-hybridized carbons (Fsp3) is 0.188. The van der Waals surface area contributed by atoms with Gasteiger partial charge < -0.3 is 5.32 Å². The Morgan fingerprint density at radius 2 is 2.00 bits per heavy atom. The standard InChI is InChI=1S/C16H13IN4O/c17-12-9-19-16-20-15(22)11-7-4-8-18-14(11)21(16)13(12)10-5-2-1-3-6-10/h1-8,12-13H,9H2,(H,19,20,22). The summed E-state index contributed by atoms with van der Waals surface area (Å²) in [6.45, 7) is 0.769. The van der Waals surface area contributed by atoms with Crippen molar-refractivity contribution >= 4 is 39.6 Å². The van der Waals surface area contributed by atoms with Crippen LogP contribution in [-0.2, 0) is 0 Å². The summed E-state index contributed by atoms with van der Waals surface area (Å²) in [5, 5.41) is 3.80. The van der Waals surface area contributed by atoms with Crippen LogP contribution in [0.4, 0.5) is 5.95 Å². The van der Waals surface area contributed by atoms with Gasteiger partial charge in [0.25, 0.3) is 5.56 Å². The lowest BCUT2D eigenvalue weighted by Gasteiger charge is -2.33. The first-order valence-corrected chi connectivity index (χ1v) is 8.30. The largest absolute Gasteiger partial charge is 0.354 e. The Bertz CT molecular complexity index is 894. The smallest absolute Gasteiger partial charge is 0.283 e. The molecule has 110 valence electrons. The Morgan fingerprint density at radius 1 is 1.18 bits per heavy atom. The maximum atomic E-state index is 12.2. The van der Waals surface area contributed by atoms with Crippen LogP contribution in [0.2, 0.25) is 0 Å². The third kappa shape index (κ3) is 2.09. The van der Waals surface area contributed by atoms with E-state index in [2.05, 4.69) is 50.0 Å². The van der Waals surface area contributed by atoms with E-state index in [9.17, 15) is 4.79 Å². The van der Waals surface area contributed by atoms with Gasteiger partial charge in [-0.3, -0.25) is 9.36 Å². The molecule has 6 heteroatoms. The molecule has 0 radical (unpaired) electrons. The van der Waals surface area contributed by atoms with Crippen LogP contribution in [0.5, 0.6) is 0 Å². The molecule has 4 rings (SSSR count). The van der Waals surface area contributed by atoms with Crippen molar-refractivity contribution in [1.29, 1.82) is 0 Å². The molecule has 22 heavy (non-hydrogen) atoms. The molecule has 3 heterocycles. The Hall–Kier alpha value is -1.96. The van der Waals surface area contributed by atoms with Crippen molar-refractivity contribution in [2.75, 3.05) is 11.9 Å². The van der Waals surface area contributed by atoms with E-state index in [1.807, 2.05) is 22.8 Å². The van der Waals surface area contributed by atoms with E-state index in [1.54, 1.807) is 18.3 Å². The molecule has 1 aliphatic rings. The summed E-state index contributed by atoms with van der Waals surface area (Å²) >= 11 is 2.44. The molecule has 0 bridgehead atoms. The van der Waals surface area contributed by atoms with Crippen molar-refractivity contribution in [2.24, 2.45) is 0 Å². The van der Waals surface area contributed by atoms with Crippen LogP contribution >= 0.6 is 22.6 Å². The fourth-order valence-corrected chi connectivity index (χ4v) is 3.88. The van der Waals surface area contributed by atoms with E-state index in [-0.39, 0.29) is 11.6 Å². The number of alkyl halides is 1. The highest BCUT2D eigenvalue weighted by Crippen LogP contribution is 2.34. The van der Waals surface area contributed by atoms with Gasteiger partial charge in [-0.05, 0) is 17.7 Å². The lowest BCUT2D eigenvalue weighted by atomic mass is 10.0. The monoisotopic (exact) mass is 404 g/mol. The van der Waals surface area contributed by atoms with E-state index in [1.165, 1.54) is 5.56 Å². The minimum atomic E-state index is -0.236. The summed E-state index contributed by atoms with van der Waals surface area (Å²) in [6, 6.07) is 13.9. The number of pyridine rings is 1. The van der Waals surface area contributed by atoms with Gasteiger partial charge in [-0.1, -0.05) is 52.9 Å². The minimum Gasteiger partial charge on any atom is -0.354 e. The van der Waals surface area contributed by atoms with E-state index in [0.717, 1.165) is 6.54 Å². The second-order valence-corrected chi connectivity index (χ2v) is 6.84. The first-order valence-electron chi connectivity index (χ1n) is 7.06. The number of hydrogen-bond acceptors (Lipinski definition) is 4. The van der Waals surface area contributed by atoms with Crippen LogP contribution in [0.25, 0.3) is 11.0 Å². The number of hydrogen-bond donors (Lipinski definition) is 1. The molecule has 1 aliphatic heterocycles. The highest BCUT2D eigenvalue weighted by molar-refractivity contribution is 14.1. The number of nitrogens with one attached hydrogen (secondary N) is 1. The van der Waals surface area contributed by atoms with Gasteiger partial charge in [0.05, 0.1) is 15.4 Å². The third-order valence-electron chi connectivity index (χ3n) is 3.90. The Balaban J connectivity index is 2.05. The van der Waals surface area contributed by atoms with Gasteiger partial charge in [0, 0.05) is 12.7 Å². The van der Waals surface area contributed by atoms with Crippen molar-refractivity contribution in [2.45, 2.75) is 9.97 Å². The molecule has 0 spiro atoms. The van der Waals surface area contributed by atoms with Gasteiger partial charge in [-0.15, -0.1) is 0 Å². The predicted molar refractivity (Wildman–Crippen MR) is 94.7 cm³/mol. The average Bonchev–Trinajstić information content (AvgIpc) is 2.56. The van der Waals surface area contributed by atoms with Crippen LogP contribution in [-0.4, -0.2) is 25.0 Å². The Kier molecular flexibility index (Phi) is 3.33. The van der Waals surface area contributed by atoms with Gasteiger partial charge in [-0.25, -0.2) is 4.98 Å². The Morgan fingerprint density at radius 3 is 2.82 bits per heavy atom. The first-order chi connectivity index (χ1) is 10.8. The van der Waals surface area contributed by atoms with E-state index >= 15 is 0 Å². The van der Waals surface area contributed by atoms with Crippen molar-refractivity contribution in [3.63, 3.8) is 0 Å². The quantitative estimate of drug-likeness (QED) is 0.501. The second-order valence-electron chi connectivity index (χ2n) is 5.24. The molecule has 2 aromatic heterocycles. The number of anilines is 1. The minimum absolute atomic E-state index is 0.101. The fourth-order valence-electron chi connectivity index (χ4n) is 2.92. The summed E-state index contributed by atoms with van der Waals surface area (Å²) in [5.74, 6) is 0.595. The van der Waals surface area contributed by atoms with Gasteiger partial charge in [-0.2, -0.15) is 4.98 Å². The SMILES string of the molecule is O=c1nc2n(c3ncccc13)C(c1ccccc1)C(I)CN2. The highest BCUT2D eigenvalue weighted by atomic mass is 127. The molecule has 0 saturated carbocycles. The van der Waals surface area contributed by atoms with Crippen LogP contribution < -0.4 is 10.9 Å². The van der Waals surface area contributed by atoms with Gasteiger partial charge >= 0.3 is 0 Å². The summed E-state index contributed by atoms with van der Waals surface area (Å²) in [4.78, 5) is 20.8. The van der Waals surface area contributed by atoms with Crippen molar-refractivity contribution < 1.29 is 0 Å². The van der Waals surface area contributed by atoms with Crippen molar-refractivity contribution in [3.8, 4) is 0 Å². The predicted octanol–water partition coefficient (Wildman–Crippen LogP) is 2.61. The number of aromatic nitrogens is 3. The zero-order valence-electron chi connectivity index (χ0n) is 11.6. The number of rotatable bonds is 1. The van der Waals surface area contributed by atoms with Crippen LogP contribution in [0.15, 0.2) is 53.5 Å². The molecule has 0 amide bonds. The molecule has 2 atom stereocenters. The lowest BCUT2D eigenvalue weighted by molar-refractivity contribution is 0.557. The zero-order valence-corrected chi connectivity index (χ0v) is 13.8. The number of halogens is 1. The van der Waals surface area contributed by atoms with Crippen LogP contribution in [0, 0.1) is 0 Å². The molecular formula is C16H13IN4O. The first kappa shape index (κ1) is 13.7. The molecule has 0 aliphatic carbocycles. The highest BCUT2D eigenvalue weighted by Gasteiger charge is 2.31. The molecule has 0 fully saturated rings. The lowest BCUT2D eigenvalue weighted by Crippen LogP contribution is -2.37. The maximum Gasteiger partial charge on any atom is 0.283 e. The van der Waals surface area contributed by atoms with Crippen LogP contribution in [0.1, 0.15) is 11.6 Å². The summed E-state index contributed by atoms with van der Waals surface area (Å²) in [7, 11) is 0. The second kappa shape index (κ2) is 5.35. The zero-order chi connectivity index (χ0) is 15.1. The van der Waals surface area contributed by atoms with E-state index in [4.69, 9.17) is 0 Å². The summed E-state index contributed by atoms with van der Waals surface area (Å²) in [5.41, 5.74) is 1.64. The van der Waals surface area contributed by atoms with Crippen LogP contribution in [0.3, 0.4) is 0 Å². The molecule has 3 aromatic rings. The maximum absolute atomic E-state index is 12.2. The van der Waals surface area contributed by atoms with Crippen molar-refractivity contribution in [1.82, 2.24) is 14.5 Å². The molecule has 1 aromatic carbocycles. The summed E-state index contributed by atoms with van der Waals surface area (Å²) < 4.78 is 2.38. The third-order valence-corrected chi connectivity index (χ3v) is 5.02. The topological polar surface area (TPSA) is 59.8 Å². The van der Waals surface area contributed by atoms with E-state index in [0.29, 0.717) is 20.9 Å². The average molecular weight is 404 g/mol. The van der Waals surface area contributed by atoms with Gasteiger partial charge in [0.1, 0.15) is 5.65 Å². The van der Waals surface area contributed by atoms with Gasteiger partial charge in [0.2, 0.25) is 5.95 Å². The molecule has 2 unspecified atom stereocenters. The normalized spacial score (nSPS) is 20.4. The summed E-state index contributed by atoms with van der Waals surface area (Å²) in [6.07, 6.45) is 1.72. The number of benzene rings is 1.